The van der Waals surface area contributed by atoms with E-state index in [4.69, 9.17) is 9.47 Å². The summed E-state index contributed by atoms with van der Waals surface area (Å²) in [6.45, 7) is 6.20. The van der Waals surface area contributed by atoms with Gasteiger partial charge in [-0.25, -0.2) is 4.79 Å². The highest BCUT2D eigenvalue weighted by atomic mass is 16.6. The Morgan fingerprint density at radius 2 is 1.88 bits per heavy atom. The number of ether oxygens (including phenoxy) is 2. The fraction of sp³-hybridized carbons (Fsp3) is 0.500. The Kier molecular flexibility index (Phi) is 5.53. The van der Waals surface area contributed by atoms with Gasteiger partial charge in [0.2, 0.25) is 0 Å². The zero-order valence-corrected chi connectivity index (χ0v) is 10.7. The number of hydrogen-bond donors (Lipinski definition) is 0. The minimum Gasteiger partial charge on any atom is -0.479 e. The van der Waals surface area contributed by atoms with E-state index in [2.05, 4.69) is 6.92 Å². The molecule has 0 aliphatic rings. The molecule has 0 fully saturated rings. The highest BCUT2D eigenvalue weighted by Crippen LogP contribution is 2.14. The van der Waals surface area contributed by atoms with E-state index in [0.717, 1.165) is 12.8 Å². The average molecular weight is 236 g/mol. The van der Waals surface area contributed by atoms with E-state index < -0.39 is 6.10 Å². The third kappa shape index (κ3) is 4.47. The van der Waals surface area contributed by atoms with Crippen LogP contribution in [-0.2, 0) is 16.0 Å². The molecule has 0 aromatic heterocycles. The van der Waals surface area contributed by atoms with Crippen LogP contribution < -0.4 is 4.74 Å². The van der Waals surface area contributed by atoms with Crippen LogP contribution in [0.2, 0.25) is 0 Å². The minimum atomic E-state index is -0.561. The summed E-state index contributed by atoms with van der Waals surface area (Å²) in [5.74, 6) is 0.384. The van der Waals surface area contributed by atoms with Crippen molar-refractivity contribution >= 4 is 5.97 Å². The van der Waals surface area contributed by atoms with Crippen molar-refractivity contribution in [1.82, 2.24) is 0 Å². The van der Waals surface area contributed by atoms with Crippen molar-refractivity contribution in [2.45, 2.75) is 39.7 Å². The Bertz CT molecular complexity index is 343. The second-order valence-electron chi connectivity index (χ2n) is 3.93. The van der Waals surface area contributed by atoms with Crippen LogP contribution >= 0.6 is 0 Å². The van der Waals surface area contributed by atoms with Crippen molar-refractivity contribution < 1.29 is 14.3 Å². The number of esters is 1. The van der Waals surface area contributed by atoms with Crippen LogP contribution in [0.4, 0.5) is 0 Å². The maximum absolute atomic E-state index is 11.5. The molecule has 0 spiro atoms. The molecule has 0 aliphatic carbocycles. The fourth-order valence-corrected chi connectivity index (χ4v) is 1.38. The molecule has 0 heterocycles. The summed E-state index contributed by atoms with van der Waals surface area (Å²) in [6.07, 6.45) is 1.26. The van der Waals surface area contributed by atoms with Gasteiger partial charge in [0.05, 0.1) is 6.61 Å². The Morgan fingerprint density at radius 3 is 2.41 bits per heavy atom. The SMILES string of the molecule is CCCOC(=O)C(C)Oc1ccc(CC)cc1. The van der Waals surface area contributed by atoms with Crippen LogP contribution in [0.15, 0.2) is 24.3 Å². The molecule has 3 heteroatoms. The van der Waals surface area contributed by atoms with Gasteiger partial charge in [-0.3, -0.25) is 0 Å². The summed E-state index contributed by atoms with van der Waals surface area (Å²) >= 11 is 0. The number of carbonyl (C=O) groups excluding carboxylic acids is 1. The molecular formula is C14H20O3. The molecule has 0 saturated heterocycles. The third-order valence-electron chi connectivity index (χ3n) is 2.42. The lowest BCUT2D eigenvalue weighted by Gasteiger charge is -2.13. The maximum Gasteiger partial charge on any atom is 0.347 e. The van der Waals surface area contributed by atoms with Crippen LogP contribution in [0.3, 0.4) is 0 Å². The normalized spacial score (nSPS) is 11.9. The summed E-state index contributed by atoms with van der Waals surface area (Å²) in [5.41, 5.74) is 1.25. The number of rotatable bonds is 6. The van der Waals surface area contributed by atoms with Crippen molar-refractivity contribution in [2.75, 3.05) is 6.61 Å². The van der Waals surface area contributed by atoms with Crippen molar-refractivity contribution in [3.8, 4) is 5.75 Å². The van der Waals surface area contributed by atoms with E-state index in [1.807, 2.05) is 31.2 Å². The van der Waals surface area contributed by atoms with E-state index in [9.17, 15) is 4.79 Å². The Labute approximate surface area is 103 Å². The van der Waals surface area contributed by atoms with E-state index in [1.54, 1.807) is 6.92 Å². The predicted octanol–water partition coefficient (Wildman–Crippen LogP) is 2.97. The molecule has 17 heavy (non-hydrogen) atoms. The lowest BCUT2D eigenvalue weighted by molar-refractivity contribution is -0.151. The summed E-state index contributed by atoms with van der Waals surface area (Å²) in [5, 5.41) is 0. The lowest BCUT2D eigenvalue weighted by Crippen LogP contribution is -2.26. The molecule has 1 aromatic carbocycles. The first-order chi connectivity index (χ1) is 8.17. The smallest absolute Gasteiger partial charge is 0.347 e. The molecule has 0 saturated carbocycles. The van der Waals surface area contributed by atoms with Crippen LogP contribution in [-0.4, -0.2) is 18.7 Å². The highest BCUT2D eigenvalue weighted by molar-refractivity contribution is 5.74. The fourth-order valence-electron chi connectivity index (χ4n) is 1.38. The predicted molar refractivity (Wildman–Crippen MR) is 67.2 cm³/mol. The maximum atomic E-state index is 11.5. The quantitative estimate of drug-likeness (QED) is 0.712. The first kappa shape index (κ1) is 13.6. The topological polar surface area (TPSA) is 35.5 Å². The number of carbonyl (C=O) groups is 1. The van der Waals surface area contributed by atoms with E-state index in [0.29, 0.717) is 12.4 Å². The van der Waals surface area contributed by atoms with Crippen LogP contribution in [0, 0.1) is 0 Å². The number of benzene rings is 1. The number of hydrogen-bond acceptors (Lipinski definition) is 3. The minimum absolute atomic E-state index is 0.314. The zero-order chi connectivity index (χ0) is 12.7. The molecular weight excluding hydrogens is 216 g/mol. The van der Waals surface area contributed by atoms with Gasteiger partial charge < -0.3 is 9.47 Å². The molecule has 1 unspecified atom stereocenters. The molecule has 0 N–H and O–H groups in total. The second-order valence-corrected chi connectivity index (χ2v) is 3.93. The third-order valence-corrected chi connectivity index (χ3v) is 2.42. The van der Waals surface area contributed by atoms with Crippen molar-refractivity contribution in [3.63, 3.8) is 0 Å². The van der Waals surface area contributed by atoms with E-state index in [-0.39, 0.29) is 5.97 Å². The molecule has 1 rings (SSSR count). The molecule has 0 aliphatic heterocycles. The Morgan fingerprint density at radius 1 is 1.24 bits per heavy atom. The van der Waals surface area contributed by atoms with Gasteiger partial charge in [-0.1, -0.05) is 26.0 Å². The standard InChI is InChI=1S/C14H20O3/c1-4-10-16-14(15)11(3)17-13-8-6-12(5-2)7-9-13/h6-9,11H,4-5,10H2,1-3H3. The van der Waals surface area contributed by atoms with Gasteiger partial charge in [-0.05, 0) is 37.5 Å². The van der Waals surface area contributed by atoms with Gasteiger partial charge >= 0.3 is 5.97 Å². The zero-order valence-electron chi connectivity index (χ0n) is 10.7. The summed E-state index contributed by atoms with van der Waals surface area (Å²) in [4.78, 5) is 11.5. The van der Waals surface area contributed by atoms with Gasteiger partial charge in [0.25, 0.3) is 0 Å². The second kappa shape index (κ2) is 6.94. The van der Waals surface area contributed by atoms with Crippen molar-refractivity contribution in [3.05, 3.63) is 29.8 Å². The Balaban J connectivity index is 2.49. The van der Waals surface area contributed by atoms with Crippen LogP contribution in [0.5, 0.6) is 5.75 Å². The molecule has 0 amide bonds. The van der Waals surface area contributed by atoms with Gasteiger partial charge in [-0.15, -0.1) is 0 Å². The first-order valence-electron chi connectivity index (χ1n) is 6.09. The van der Waals surface area contributed by atoms with E-state index in [1.165, 1.54) is 5.56 Å². The molecule has 1 aromatic rings. The number of aryl methyl sites for hydroxylation is 1. The van der Waals surface area contributed by atoms with Crippen LogP contribution in [0.25, 0.3) is 0 Å². The first-order valence-corrected chi connectivity index (χ1v) is 6.09. The summed E-state index contributed by atoms with van der Waals surface area (Å²) in [6, 6.07) is 7.75. The molecule has 3 nitrogen and oxygen atoms in total. The van der Waals surface area contributed by atoms with Gasteiger partial charge in [0.1, 0.15) is 5.75 Å². The van der Waals surface area contributed by atoms with Crippen molar-refractivity contribution in [2.24, 2.45) is 0 Å². The molecule has 94 valence electrons. The summed E-state index contributed by atoms with van der Waals surface area (Å²) in [7, 11) is 0. The lowest BCUT2D eigenvalue weighted by atomic mass is 10.2. The molecule has 0 bridgehead atoms. The Hall–Kier alpha value is -1.51. The summed E-state index contributed by atoms with van der Waals surface area (Å²) < 4.78 is 10.5. The van der Waals surface area contributed by atoms with Crippen LogP contribution in [0.1, 0.15) is 32.8 Å². The van der Waals surface area contributed by atoms with Crippen molar-refractivity contribution in [1.29, 1.82) is 0 Å². The average Bonchev–Trinajstić information content (AvgIpc) is 2.36. The van der Waals surface area contributed by atoms with Gasteiger partial charge in [0, 0.05) is 0 Å². The van der Waals surface area contributed by atoms with E-state index >= 15 is 0 Å². The monoisotopic (exact) mass is 236 g/mol. The largest absolute Gasteiger partial charge is 0.479 e. The molecule has 0 radical (unpaired) electrons. The highest BCUT2D eigenvalue weighted by Gasteiger charge is 2.15. The molecule has 1 atom stereocenters. The van der Waals surface area contributed by atoms with Gasteiger partial charge in [0.15, 0.2) is 6.10 Å². The van der Waals surface area contributed by atoms with Gasteiger partial charge in [-0.2, -0.15) is 0 Å².